The van der Waals surface area contributed by atoms with Gasteiger partial charge in [-0.05, 0) is 48.4 Å². The van der Waals surface area contributed by atoms with E-state index >= 15 is 4.79 Å². The molecule has 8 rings (SSSR count). The number of aryl methyl sites for hydroxylation is 1. The molecule has 6 aromatic rings. The summed E-state index contributed by atoms with van der Waals surface area (Å²) in [6, 6.07) is 27.2. The first-order valence-electron chi connectivity index (χ1n) is 14.6. The Hall–Kier alpha value is -4.48. The number of benzene rings is 4. The summed E-state index contributed by atoms with van der Waals surface area (Å²) in [4.78, 5) is 47.1. The fraction of sp³-hybridized carbons (Fsp3) is 0.114. The molecule has 8 nitrogen and oxygen atoms in total. The van der Waals surface area contributed by atoms with Crippen molar-refractivity contribution in [3.63, 3.8) is 0 Å². The number of anilines is 2. The Bertz CT molecular complexity index is 2340. The standard InChI is InChI=1S/C35H22Cl2N4O4S2/c1-19-7-6-8-20(15-19)17-40-26-12-5-3-10-24(26)35(32(40)44)28-29(42)23-16-22(36)13-14-27(23)45-30(28)31(43)41(35)33-38-39-34(47-33)46-18-21-9-2-4-11-25(21)37/h2-16H,17-18H2,1H3. The van der Waals surface area contributed by atoms with Gasteiger partial charge in [0.2, 0.25) is 10.9 Å². The van der Waals surface area contributed by atoms with E-state index in [9.17, 15) is 9.59 Å². The van der Waals surface area contributed by atoms with Crippen LogP contribution in [0.25, 0.3) is 11.0 Å². The molecule has 0 saturated carbocycles. The number of carbonyl (C=O) groups excluding carboxylic acids is 2. The number of fused-ring (bicyclic) bond motifs is 5. The van der Waals surface area contributed by atoms with E-state index in [1.54, 1.807) is 29.2 Å². The number of para-hydroxylation sites is 1. The molecule has 0 saturated heterocycles. The lowest BCUT2D eigenvalue weighted by atomic mass is 9.84. The van der Waals surface area contributed by atoms with Gasteiger partial charge in [-0.3, -0.25) is 19.3 Å². The number of hydrogen-bond acceptors (Lipinski definition) is 8. The maximum atomic E-state index is 15.1. The SMILES string of the molecule is Cc1cccc(CN2C(=O)C3(c4ccccc42)c2c(oc4ccc(Cl)cc4c2=O)C(=O)N3c2nnc(SCc3ccccc3Cl)s2)c1. The van der Waals surface area contributed by atoms with E-state index in [0.717, 1.165) is 28.0 Å². The summed E-state index contributed by atoms with van der Waals surface area (Å²) in [5.74, 6) is -0.827. The highest BCUT2D eigenvalue weighted by Gasteiger charge is 2.66. The fourth-order valence-corrected chi connectivity index (χ4v) is 8.74. The second-order valence-corrected chi connectivity index (χ2v) is 14.3. The van der Waals surface area contributed by atoms with Gasteiger partial charge in [0, 0.05) is 21.4 Å². The van der Waals surface area contributed by atoms with Gasteiger partial charge in [-0.25, -0.2) is 0 Å². The second-order valence-electron chi connectivity index (χ2n) is 11.3. The van der Waals surface area contributed by atoms with Crippen LogP contribution in [0.3, 0.4) is 0 Å². The molecule has 1 atom stereocenters. The number of hydrogen-bond donors (Lipinski definition) is 0. The molecule has 1 unspecified atom stereocenters. The monoisotopic (exact) mass is 696 g/mol. The predicted molar refractivity (Wildman–Crippen MR) is 185 cm³/mol. The summed E-state index contributed by atoms with van der Waals surface area (Å²) in [6.45, 7) is 2.20. The van der Waals surface area contributed by atoms with Crippen LogP contribution in [0.4, 0.5) is 10.8 Å². The Morgan fingerprint density at radius 3 is 2.55 bits per heavy atom. The highest BCUT2D eigenvalue weighted by Crippen LogP contribution is 2.55. The van der Waals surface area contributed by atoms with Crippen LogP contribution in [0.5, 0.6) is 0 Å². The third-order valence-corrected chi connectivity index (χ3v) is 11.1. The van der Waals surface area contributed by atoms with Crippen molar-refractivity contribution in [2.45, 2.75) is 29.1 Å². The minimum Gasteiger partial charge on any atom is -0.450 e. The molecule has 0 N–H and O–H groups in total. The third-order valence-electron chi connectivity index (χ3n) is 8.41. The van der Waals surface area contributed by atoms with Crippen LogP contribution in [-0.4, -0.2) is 22.0 Å². The van der Waals surface area contributed by atoms with Crippen LogP contribution in [0.15, 0.2) is 105 Å². The van der Waals surface area contributed by atoms with Crippen molar-refractivity contribution in [2.24, 2.45) is 0 Å². The number of nitrogens with zero attached hydrogens (tertiary/aromatic N) is 4. The smallest absolute Gasteiger partial charge is 0.297 e. The van der Waals surface area contributed by atoms with Crippen molar-refractivity contribution >= 4 is 79.9 Å². The highest BCUT2D eigenvalue weighted by atomic mass is 35.5. The number of thioether (sulfide) groups is 1. The molecule has 0 fully saturated rings. The summed E-state index contributed by atoms with van der Waals surface area (Å²) < 4.78 is 6.73. The average molecular weight is 698 g/mol. The minimum atomic E-state index is -1.89. The van der Waals surface area contributed by atoms with Gasteiger partial charge in [0.15, 0.2) is 15.3 Å². The molecule has 0 radical (unpaired) electrons. The maximum Gasteiger partial charge on any atom is 0.297 e. The number of aromatic nitrogens is 2. The molecule has 2 aliphatic rings. The molecule has 2 amide bonds. The first-order chi connectivity index (χ1) is 22.8. The molecule has 2 aliphatic heterocycles. The van der Waals surface area contributed by atoms with Crippen LogP contribution >= 0.6 is 46.3 Å². The van der Waals surface area contributed by atoms with Gasteiger partial charge >= 0.3 is 0 Å². The normalized spacial score (nSPS) is 16.8. The minimum absolute atomic E-state index is 0.0677. The van der Waals surface area contributed by atoms with Gasteiger partial charge in [-0.1, -0.05) is 113 Å². The number of amides is 2. The summed E-state index contributed by atoms with van der Waals surface area (Å²) in [5, 5.41) is 10.1. The Labute approximate surface area is 286 Å². The quantitative estimate of drug-likeness (QED) is 0.129. The summed E-state index contributed by atoms with van der Waals surface area (Å²) >= 11 is 15.2. The van der Waals surface area contributed by atoms with Gasteiger partial charge in [-0.15, -0.1) is 10.2 Å². The zero-order valence-corrected chi connectivity index (χ0v) is 27.7. The van der Waals surface area contributed by atoms with E-state index < -0.39 is 22.8 Å². The zero-order valence-electron chi connectivity index (χ0n) is 24.6. The van der Waals surface area contributed by atoms with Crippen LogP contribution in [-0.2, 0) is 22.6 Å². The molecule has 232 valence electrons. The van der Waals surface area contributed by atoms with E-state index in [1.165, 1.54) is 22.7 Å². The van der Waals surface area contributed by atoms with Gasteiger partial charge in [-0.2, -0.15) is 0 Å². The Morgan fingerprint density at radius 2 is 1.72 bits per heavy atom. The highest BCUT2D eigenvalue weighted by molar-refractivity contribution is 8.00. The Morgan fingerprint density at radius 1 is 0.915 bits per heavy atom. The molecule has 0 bridgehead atoms. The molecule has 1 spiro atoms. The van der Waals surface area contributed by atoms with Crippen molar-refractivity contribution in [1.82, 2.24) is 10.2 Å². The molecule has 12 heteroatoms. The van der Waals surface area contributed by atoms with Crippen molar-refractivity contribution in [3.05, 3.63) is 145 Å². The van der Waals surface area contributed by atoms with Crippen molar-refractivity contribution in [1.29, 1.82) is 0 Å². The van der Waals surface area contributed by atoms with E-state index in [1.807, 2.05) is 67.6 Å². The van der Waals surface area contributed by atoms with Crippen molar-refractivity contribution < 1.29 is 14.0 Å². The fourth-order valence-electron chi connectivity index (χ4n) is 6.39. The third kappa shape index (κ3) is 4.62. The van der Waals surface area contributed by atoms with E-state index in [2.05, 4.69) is 10.2 Å². The molecular weight excluding hydrogens is 675 g/mol. The van der Waals surface area contributed by atoms with Gasteiger partial charge in [0.25, 0.3) is 11.8 Å². The summed E-state index contributed by atoms with van der Waals surface area (Å²) in [5.41, 5.74) is 1.62. The number of rotatable bonds is 6. The lowest BCUT2D eigenvalue weighted by molar-refractivity contribution is -0.121. The Balaban J connectivity index is 1.33. The lowest BCUT2D eigenvalue weighted by Gasteiger charge is -2.32. The zero-order chi connectivity index (χ0) is 32.4. The van der Waals surface area contributed by atoms with Crippen LogP contribution in [0.1, 0.15) is 38.4 Å². The first kappa shape index (κ1) is 29.9. The lowest BCUT2D eigenvalue weighted by Crippen LogP contribution is -2.53. The van der Waals surface area contributed by atoms with E-state index in [0.29, 0.717) is 31.4 Å². The molecular formula is C35H22Cl2N4O4S2. The van der Waals surface area contributed by atoms with Gasteiger partial charge in [0.1, 0.15) is 5.58 Å². The average Bonchev–Trinajstić information content (AvgIpc) is 3.70. The number of halogens is 2. The van der Waals surface area contributed by atoms with Crippen LogP contribution < -0.4 is 15.2 Å². The predicted octanol–water partition coefficient (Wildman–Crippen LogP) is 8.00. The largest absolute Gasteiger partial charge is 0.450 e. The topological polar surface area (TPSA) is 96.6 Å². The number of carbonyl (C=O) groups is 2. The molecule has 4 aromatic carbocycles. The summed E-state index contributed by atoms with van der Waals surface area (Å²) in [7, 11) is 0. The van der Waals surface area contributed by atoms with Crippen LogP contribution in [0.2, 0.25) is 10.0 Å². The molecule has 2 aromatic heterocycles. The van der Waals surface area contributed by atoms with E-state index in [-0.39, 0.29) is 34.0 Å². The van der Waals surface area contributed by atoms with Crippen molar-refractivity contribution in [3.8, 4) is 0 Å². The maximum absolute atomic E-state index is 15.1. The Kier molecular flexibility index (Phi) is 7.21. The van der Waals surface area contributed by atoms with E-state index in [4.69, 9.17) is 27.6 Å². The molecule has 47 heavy (non-hydrogen) atoms. The molecule has 0 aliphatic carbocycles. The van der Waals surface area contributed by atoms with Crippen LogP contribution in [0, 0.1) is 6.92 Å². The summed E-state index contributed by atoms with van der Waals surface area (Å²) in [6.07, 6.45) is 0. The van der Waals surface area contributed by atoms with Crippen molar-refractivity contribution in [2.75, 3.05) is 9.80 Å². The van der Waals surface area contributed by atoms with Gasteiger partial charge in [0.05, 0.1) is 23.2 Å². The molecule has 4 heterocycles. The first-order valence-corrected chi connectivity index (χ1v) is 17.1. The van der Waals surface area contributed by atoms with Gasteiger partial charge < -0.3 is 9.32 Å². The second kappa shape index (κ2) is 11.3.